The van der Waals surface area contributed by atoms with Gasteiger partial charge in [0.1, 0.15) is 5.41 Å². The number of hydrogen-bond acceptors (Lipinski definition) is 3. The minimum atomic E-state index is -0.834. The summed E-state index contributed by atoms with van der Waals surface area (Å²) in [7, 11) is 0. The molecule has 0 bridgehead atoms. The van der Waals surface area contributed by atoms with Crippen LogP contribution in [0.4, 0.5) is 0 Å². The van der Waals surface area contributed by atoms with Crippen molar-refractivity contribution in [3.63, 3.8) is 0 Å². The molecule has 5 nitrogen and oxygen atoms in total. The van der Waals surface area contributed by atoms with Gasteiger partial charge in [0.05, 0.1) is 0 Å². The third kappa shape index (κ3) is 2.61. The molecule has 0 heterocycles. The fourth-order valence-corrected chi connectivity index (χ4v) is 2.79. The van der Waals surface area contributed by atoms with E-state index in [0.717, 1.165) is 5.56 Å². The standard InChI is InChI=1S/C15H21N3O2/c1-10-3-5-12(6-4-10)9-17-14(19)15(13(16)18-20)7-11(2)8-15/h3-6,11,20H,7-9H2,1-2H3,(H2,16,18)(H,17,19). The van der Waals surface area contributed by atoms with Gasteiger partial charge in [0.2, 0.25) is 5.91 Å². The van der Waals surface area contributed by atoms with E-state index in [0.29, 0.717) is 25.3 Å². The molecule has 0 saturated heterocycles. The number of hydrogen-bond donors (Lipinski definition) is 3. The van der Waals surface area contributed by atoms with Crippen LogP contribution in [0.5, 0.6) is 0 Å². The van der Waals surface area contributed by atoms with Gasteiger partial charge >= 0.3 is 0 Å². The lowest BCUT2D eigenvalue weighted by Gasteiger charge is -2.43. The molecule has 1 aliphatic carbocycles. The molecule has 1 fully saturated rings. The zero-order valence-corrected chi connectivity index (χ0v) is 11.9. The largest absolute Gasteiger partial charge is 0.409 e. The molecule has 0 radical (unpaired) electrons. The summed E-state index contributed by atoms with van der Waals surface area (Å²) in [5.41, 5.74) is 7.08. The van der Waals surface area contributed by atoms with Gasteiger partial charge in [-0.25, -0.2) is 0 Å². The van der Waals surface area contributed by atoms with Crippen LogP contribution in [0, 0.1) is 18.3 Å². The van der Waals surface area contributed by atoms with Crippen LogP contribution in [0.25, 0.3) is 0 Å². The van der Waals surface area contributed by atoms with Crippen LogP contribution in [0.15, 0.2) is 29.4 Å². The molecular formula is C15H21N3O2. The third-order valence-corrected chi connectivity index (χ3v) is 4.00. The molecule has 0 spiro atoms. The van der Waals surface area contributed by atoms with Crippen molar-refractivity contribution in [2.45, 2.75) is 33.2 Å². The molecule has 0 atom stereocenters. The van der Waals surface area contributed by atoms with Crippen LogP contribution < -0.4 is 11.1 Å². The van der Waals surface area contributed by atoms with Gasteiger partial charge in [-0.15, -0.1) is 0 Å². The quantitative estimate of drug-likeness (QED) is 0.339. The summed E-state index contributed by atoms with van der Waals surface area (Å²) < 4.78 is 0. The minimum absolute atomic E-state index is 0.0111. The molecule has 1 aromatic carbocycles. The van der Waals surface area contributed by atoms with Gasteiger partial charge in [-0.3, -0.25) is 4.79 Å². The van der Waals surface area contributed by atoms with Gasteiger partial charge in [0.25, 0.3) is 0 Å². The number of carbonyl (C=O) groups is 1. The normalized spacial score (nSPS) is 25.9. The Balaban J connectivity index is 2.01. The van der Waals surface area contributed by atoms with E-state index in [4.69, 9.17) is 10.9 Å². The molecule has 5 heteroatoms. The highest BCUT2D eigenvalue weighted by atomic mass is 16.4. The third-order valence-electron chi connectivity index (χ3n) is 4.00. The molecule has 2 rings (SSSR count). The first-order valence-corrected chi connectivity index (χ1v) is 6.80. The summed E-state index contributed by atoms with van der Waals surface area (Å²) in [6, 6.07) is 7.97. The van der Waals surface area contributed by atoms with Gasteiger partial charge in [-0.2, -0.15) is 0 Å². The average Bonchev–Trinajstić information content (AvgIpc) is 2.41. The molecule has 0 unspecified atom stereocenters. The Morgan fingerprint density at radius 2 is 2.05 bits per heavy atom. The summed E-state index contributed by atoms with van der Waals surface area (Å²) in [5.74, 6) is 0.268. The predicted molar refractivity (Wildman–Crippen MR) is 77.3 cm³/mol. The molecule has 108 valence electrons. The maximum Gasteiger partial charge on any atom is 0.234 e. The predicted octanol–water partition coefficient (Wildman–Crippen LogP) is 1.77. The second-order valence-corrected chi connectivity index (χ2v) is 5.75. The highest BCUT2D eigenvalue weighted by molar-refractivity contribution is 6.07. The fraction of sp³-hybridized carbons (Fsp3) is 0.467. The number of aryl methyl sites for hydroxylation is 1. The van der Waals surface area contributed by atoms with Crippen LogP contribution in [0.2, 0.25) is 0 Å². The van der Waals surface area contributed by atoms with Crippen molar-refractivity contribution < 1.29 is 10.0 Å². The van der Waals surface area contributed by atoms with E-state index >= 15 is 0 Å². The van der Waals surface area contributed by atoms with Gasteiger partial charge in [0, 0.05) is 6.54 Å². The van der Waals surface area contributed by atoms with Crippen LogP contribution in [0.1, 0.15) is 30.9 Å². The Bertz CT molecular complexity index is 516. The number of amidine groups is 1. The minimum Gasteiger partial charge on any atom is -0.409 e. The van der Waals surface area contributed by atoms with Gasteiger partial charge in [0.15, 0.2) is 5.84 Å². The summed E-state index contributed by atoms with van der Waals surface area (Å²) in [6.07, 6.45) is 1.26. The highest BCUT2D eigenvalue weighted by Crippen LogP contribution is 2.45. The maximum absolute atomic E-state index is 12.4. The molecule has 1 aliphatic rings. The molecule has 20 heavy (non-hydrogen) atoms. The number of amides is 1. The Morgan fingerprint density at radius 3 is 2.55 bits per heavy atom. The van der Waals surface area contributed by atoms with Gasteiger partial charge in [-0.05, 0) is 31.2 Å². The number of nitrogens with one attached hydrogen (secondary N) is 1. The van der Waals surface area contributed by atoms with E-state index in [1.165, 1.54) is 5.56 Å². The molecular weight excluding hydrogens is 254 g/mol. The van der Waals surface area contributed by atoms with Crippen molar-refractivity contribution in [2.75, 3.05) is 0 Å². The maximum atomic E-state index is 12.4. The topological polar surface area (TPSA) is 87.7 Å². The van der Waals surface area contributed by atoms with Crippen LogP contribution in [-0.2, 0) is 11.3 Å². The summed E-state index contributed by atoms with van der Waals surface area (Å²) in [5, 5.41) is 14.8. The molecule has 0 aromatic heterocycles. The van der Waals surface area contributed by atoms with Crippen molar-refractivity contribution in [2.24, 2.45) is 22.2 Å². The van der Waals surface area contributed by atoms with Crippen LogP contribution in [0.3, 0.4) is 0 Å². The highest BCUT2D eigenvalue weighted by Gasteiger charge is 2.52. The number of nitrogens with zero attached hydrogens (tertiary/aromatic N) is 1. The second kappa shape index (κ2) is 5.53. The van der Waals surface area contributed by atoms with Gasteiger partial charge < -0.3 is 16.3 Å². The number of carbonyl (C=O) groups excluding carboxylic acids is 1. The van der Waals surface area contributed by atoms with Crippen molar-refractivity contribution in [3.05, 3.63) is 35.4 Å². The molecule has 4 N–H and O–H groups in total. The average molecular weight is 275 g/mol. The summed E-state index contributed by atoms with van der Waals surface area (Å²) in [4.78, 5) is 12.4. The Morgan fingerprint density at radius 1 is 1.45 bits per heavy atom. The lowest BCUT2D eigenvalue weighted by atomic mass is 9.61. The Hall–Kier alpha value is -2.04. The van der Waals surface area contributed by atoms with Crippen molar-refractivity contribution >= 4 is 11.7 Å². The Kier molecular flexibility index (Phi) is 3.97. The SMILES string of the molecule is Cc1ccc(CNC(=O)C2(/C(N)=N/O)CC(C)C2)cc1. The number of nitrogens with two attached hydrogens (primary N) is 1. The van der Waals surface area contributed by atoms with E-state index in [2.05, 4.69) is 17.4 Å². The number of rotatable bonds is 4. The van der Waals surface area contributed by atoms with Crippen molar-refractivity contribution in [3.8, 4) is 0 Å². The first-order valence-electron chi connectivity index (χ1n) is 6.80. The molecule has 1 saturated carbocycles. The Labute approximate surface area is 118 Å². The number of benzene rings is 1. The van der Waals surface area contributed by atoms with E-state index in [1.54, 1.807) is 0 Å². The fourth-order valence-electron chi connectivity index (χ4n) is 2.79. The van der Waals surface area contributed by atoms with E-state index in [-0.39, 0.29) is 11.7 Å². The smallest absolute Gasteiger partial charge is 0.234 e. The van der Waals surface area contributed by atoms with Crippen LogP contribution >= 0.6 is 0 Å². The summed E-state index contributed by atoms with van der Waals surface area (Å²) in [6.45, 7) is 4.52. The van der Waals surface area contributed by atoms with E-state index < -0.39 is 5.41 Å². The zero-order chi connectivity index (χ0) is 14.8. The molecule has 0 aliphatic heterocycles. The molecule has 1 aromatic rings. The second-order valence-electron chi connectivity index (χ2n) is 5.75. The van der Waals surface area contributed by atoms with E-state index in [1.807, 2.05) is 31.2 Å². The van der Waals surface area contributed by atoms with Gasteiger partial charge in [-0.1, -0.05) is 41.9 Å². The van der Waals surface area contributed by atoms with Crippen LogP contribution in [-0.4, -0.2) is 17.0 Å². The summed E-state index contributed by atoms with van der Waals surface area (Å²) >= 11 is 0. The lowest BCUT2D eigenvalue weighted by molar-refractivity contribution is -0.133. The van der Waals surface area contributed by atoms with Crippen molar-refractivity contribution in [1.82, 2.24) is 5.32 Å². The zero-order valence-electron chi connectivity index (χ0n) is 11.9. The first kappa shape index (κ1) is 14.4. The monoisotopic (exact) mass is 275 g/mol. The number of oxime groups is 1. The molecule has 1 amide bonds. The van der Waals surface area contributed by atoms with Crippen molar-refractivity contribution in [1.29, 1.82) is 0 Å². The van der Waals surface area contributed by atoms with E-state index in [9.17, 15) is 4.79 Å². The lowest BCUT2D eigenvalue weighted by Crippen LogP contribution is -2.56. The first-order chi connectivity index (χ1) is 9.48.